The van der Waals surface area contributed by atoms with E-state index < -0.39 is 0 Å². The highest BCUT2D eigenvalue weighted by Gasteiger charge is 2.02. The van der Waals surface area contributed by atoms with Crippen molar-refractivity contribution in [3.8, 4) is 0 Å². The second-order valence-electron chi connectivity index (χ2n) is 6.57. The average Bonchev–Trinajstić information content (AvgIpc) is 2.52. The maximum absolute atomic E-state index is 11.6. The van der Waals surface area contributed by atoms with Crippen LogP contribution in [0.4, 0.5) is 0 Å². The van der Waals surface area contributed by atoms with Crippen molar-refractivity contribution in [2.45, 2.75) is 117 Å². The third kappa shape index (κ3) is 21.4. The van der Waals surface area contributed by atoms with Crippen molar-refractivity contribution < 1.29 is 9.53 Å². The Kier molecular flexibility index (Phi) is 23.0. The van der Waals surface area contributed by atoms with Gasteiger partial charge in [0.15, 0.2) is 0 Å². The lowest BCUT2D eigenvalue weighted by Crippen LogP contribution is -2.05. The van der Waals surface area contributed by atoms with Crippen molar-refractivity contribution in [1.29, 1.82) is 0 Å². The highest BCUT2D eigenvalue weighted by atomic mass is 16.5. The van der Waals surface area contributed by atoms with Gasteiger partial charge >= 0.3 is 5.97 Å². The predicted octanol–water partition coefficient (Wildman–Crippen LogP) is 6.97. The largest absolute Gasteiger partial charge is 0.466 e. The summed E-state index contributed by atoms with van der Waals surface area (Å²) in [6.45, 7) is 5.11. The van der Waals surface area contributed by atoms with E-state index in [9.17, 15) is 4.79 Å². The molecule has 0 saturated heterocycles. The van der Waals surface area contributed by atoms with E-state index in [1.165, 1.54) is 83.5 Å². The van der Waals surface area contributed by atoms with Gasteiger partial charge in [-0.2, -0.15) is 0 Å². The van der Waals surface area contributed by atoms with Crippen LogP contribution < -0.4 is 6.15 Å². The van der Waals surface area contributed by atoms with Gasteiger partial charge in [0.05, 0.1) is 6.61 Å². The molecule has 0 fully saturated rings. The molecule has 0 aromatic carbocycles. The quantitative estimate of drug-likeness (QED) is 0.231. The summed E-state index contributed by atoms with van der Waals surface area (Å²) in [6, 6.07) is 0. The van der Waals surface area contributed by atoms with Gasteiger partial charge < -0.3 is 10.9 Å². The first-order valence-corrected chi connectivity index (χ1v) is 9.96. The van der Waals surface area contributed by atoms with Crippen LogP contribution in [0.15, 0.2) is 0 Å². The van der Waals surface area contributed by atoms with Crippen molar-refractivity contribution in [2.75, 3.05) is 6.61 Å². The molecular formula is C20H43NO2. The summed E-state index contributed by atoms with van der Waals surface area (Å²) in [5, 5.41) is 0. The molecule has 0 spiro atoms. The molecule has 140 valence electrons. The minimum atomic E-state index is 0. The van der Waals surface area contributed by atoms with E-state index in [1.807, 2.05) is 0 Å². The predicted molar refractivity (Wildman–Crippen MR) is 101 cm³/mol. The van der Waals surface area contributed by atoms with Crippen molar-refractivity contribution in [2.24, 2.45) is 0 Å². The lowest BCUT2D eigenvalue weighted by Gasteiger charge is -2.05. The van der Waals surface area contributed by atoms with E-state index in [4.69, 9.17) is 4.74 Å². The first-order chi connectivity index (χ1) is 10.8. The highest BCUT2D eigenvalue weighted by Crippen LogP contribution is 2.11. The number of carbonyl (C=O) groups excluding carboxylic acids is 1. The average molecular weight is 330 g/mol. The van der Waals surface area contributed by atoms with Crippen LogP contribution in [0.25, 0.3) is 0 Å². The summed E-state index contributed by atoms with van der Waals surface area (Å²) < 4.78 is 5.28. The molecule has 3 N–H and O–H groups in total. The molecule has 0 heterocycles. The molecule has 3 heteroatoms. The smallest absolute Gasteiger partial charge is 0.305 e. The lowest BCUT2D eigenvalue weighted by atomic mass is 10.1. The first kappa shape index (κ1) is 24.7. The minimum absolute atomic E-state index is 0. The minimum Gasteiger partial charge on any atom is -0.466 e. The Morgan fingerprint density at radius 3 is 1.48 bits per heavy atom. The van der Waals surface area contributed by atoms with Crippen molar-refractivity contribution in [3.63, 3.8) is 0 Å². The molecule has 0 saturated carbocycles. The van der Waals surface area contributed by atoms with E-state index >= 15 is 0 Å². The van der Waals surface area contributed by atoms with Gasteiger partial charge in [-0.25, -0.2) is 0 Å². The van der Waals surface area contributed by atoms with Crippen LogP contribution in [0, 0.1) is 0 Å². The van der Waals surface area contributed by atoms with E-state index in [2.05, 4.69) is 13.8 Å². The Morgan fingerprint density at radius 2 is 1.00 bits per heavy atom. The van der Waals surface area contributed by atoms with Crippen molar-refractivity contribution >= 4 is 5.97 Å². The zero-order valence-corrected chi connectivity index (χ0v) is 16.0. The third-order valence-electron chi connectivity index (χ3n) is 4.25. The molecule has 0 bridgehead atoms. The second kappa shape index (κ2) is 21.4. The molecule has 0 aliphatic heterocycles. The van der Waals surface area contributed by atoms with Crippen LogP contribution >= 0.6 is 0 Å². The van der Waals surface area contributed by atoms with Crippen LogP contribution in [-0.2, 0) is 9.53 Å². The summed E-state index contributed by atoms with van der Waals surface area (Å²) >= 11 is 0. The summed E-state index contributed by atoms with van der Waals surface area (Å²) in [7, 11) is 0. The molecule has 0 aromatic rings. The standard InChI is InChI=1S/C20H40O2.H3N/c1-3-5-7-9-11-12-13-14-16-18-20(21)22-19-17-15-10-8-6-4-2;/h3-19H2,1-2H3;1H3. The molecule has 23 heavy (non-hydrogen) atoms. The summed E-state index contributed by atoms with van der Waals surface area (Å²) in [4.78, 5) is 11.6. The van der Waals surface area contributed by atoms with Crippen LogP contribution in [0.5, 0.6) is 0 Å². The second-order valence-corrected chi connectivity index (χ2v) is 6.57. The van der Waals surface area contributed by atoms with E-state index in [1.54, 1.807) is 0 Å². The monoisotopic (exact) mass is 329 g/mol. The molecule has 3 nitrogen and oxygen atoms in total. The summed E-state index contributed by atoms with van der Waals surface area (Å²) in [6.07, 6.45) is 19.7. The number of esters is 1. The fourth-order valence-corrected chi connectivity index (χ4v) is 2.72. The Morgan fingerprint density at radius 1 is 0.609 bits per heavy atom. The highest BCUT2D eigenvalue weighted by molar-refractivity contribution is 5.69. The summed E-state index contributed by atoms with van der Waals surface area (Å²) in [5.74, 6) is 0.0107. The Balaban J connectivity index is 0. The topological polar surface area (TPSA) is 61.3 Å². The number of ether oxygens (including phenoxy) is 1. The molecule has 0 rings (SSSR count). The molecule has 0 aliphatic carbocycles. The Hall–Kier alpha value is -0.570. The zero-order chi connectivity index (χ0) is 16.3. The number of hydrogen-bond donors (Lipinski definition) is 1. The van der Waals surface area contributed by atoms with Crippen LogP contribution in [0.2, 0.25) is 0 Å². The Bertz CT molecular complexity index is 232. The molecule has 0 amide bonds. The Labute approximate surface area is 145 Å². The first-order valence-electron chi connectivity index (χ1n) is 9.96. The summed E-state index contributed by atoms with van der Waals surface area (Å²) in [5.41, 5.74) is 0. The van der Waals surface area contributed by atoms with Gasteiger partial charge in [-0.3, -0.25) is 4.79 Å². The van der Waals surface area contributed by atoms with Gasteiger partial charge in [0, 0.05) is 6.42 Å². The van der Waals surface area contributed by atoms with Gasteiger partial charge in [0.2, 0.25) is 0 Å². The van der Waals surface area contributed by atoms with Gasteiger partial charge in [-0.1, -0.05) is 97.3 Å². The number of carbonyl (C=O) groups is 1. The zero-order valence-electron chi connectivity index (χ0n) is 16.0. The fraction of sp³-hybridized carbons (Fsp3) is 0.950. The molecule has 0 atom stereocenters. The molecule has 0 unspecified atom stereocenters. The van der Waals surface area contributed by atoms with Gasteiger partial charge in [0.25, 0.3) is 0 Å². The van der Waals surface area contributed by atoms with Crippen LogP contribution in [0.1, 0.15) is 117 Å². The molecule has 0 aliphatic rings. The van der Waals surface area contributed by atoms with Crippen molar-refractivity contribution in [3.05, 3.63) is 0 Å². The maximum atomic E-state index is 11.6. The van der Waals surface area contributed by atoms with Crippen molar-refractivity contribution in [1.82, 2.24) is 6.15 Å². The van der Waals surface area contributed by atoms with E-state index in [0.717, 1.165) is 12.8 Å². The van der Waals surface area contributed by atoms with Gasteiger partial charge in [-0.05, 0) is 12.8 Å². The normalized spacial score (nSPS) is 10.3. The number of hydrogen-bond acceptors (Lipinski definition) is 3. The lowest BCUT2D eigenvalue weighted by molar-refractivity contribution is -0.143. The van der Waals surface area contributed by atoms with Crippen LogP contribution in [-0.4, -0.2) is 12.6 Å². The van der Waals surface area contributed by atoms with Crippen LogP contribution in [0.3, 0.4) is 0 Å². The molecule has 0 aromatic heterocycles. The maximum Gasteiger partial charge on any atom is 0.305 e. The van der Waals surface area contributed by atoms with E-state index in [0.29, 0.717) is 13.0 Å². The molecular weight excluding hydrogens is 286 g/mol. The van der Waals surface area contributed by atoms with Gasteiger partial charge in [-0.15, -0.1) is 0 Å². The molecule has 0 radical (unpaired) electrons. The fourth-order valence-electron chi connectivity index (χ4n) is 2.72. The number of unbranched alkanes of at least 4 members (excludes halogenated alkanes) is 13. The SMILES string of the molecule is CCCCCCCCCCCC(=O)OCCCCCCCC.N. The number of rotatable bonds is 17. The third-order valence-corrected chi connectivity index (χ3v) is 4.25. The van der Waals surface area contributed by atoms with E-state index in [-0.39, 0.29) is 12.1 Å². The van der Waals surface area contributed by atoms with Gasteiger partial charge in [0.1, 0.15) is 0 Å².